The number of amides is 2. The summed E-state index contributed by atoms with van der Waals surface area (Å²) < 4.78 is 12.4. The topological polar surface area (TPSA) is 85.7 Å². The number of benzene rings is 4. The normalized spacial score (nSPS) is 10.6. The maximum Gasteiger partial charge on any atom is 0.254 e. The summed E-state index contributed by atoms with van der Waals surface area (Å²) in [5, 5.41) is 3.53. The molecule has 1 N–H and O–H groups in total. The first-order valence-electron chi connectivity index (χ1n) is 13.2. The number of imidazole rings is 1. The third-order valence-corrected chi connectivity index (χ3v) is 6.85. The standard InChI is InChI=1S/C33H29ClN4O4/c1-41-28-17-15-27(16-18-28)38-21-30(24-11-13-26(34)14-12-24)35-33(38)36-31(39)22-37(20-23-7-4-3-5-8-23)32(40)25-9-6-10-29(19-25)42-2/h3-19,21H,20,22H2,1-2H3,(H,35,36,39). The average molecular weight is 581 g/mol. The van der Waals surface area contributed by atoms with Gasteiger partial charge >= 0.3 is 0 Å². The molecular weight excluding hydrogens is 552 g/mol. The van der Waals surface area contributed by atoms with Crippen molar-refractivity contribution in [2.24, 2.45) is 0 Å². The second-order valence-electron chi connectivity index (χ2n) is 9.45. The Labute approximate surface area is 249 Å². The third kappa shape index (κ3) is 6.79. The molecule has 0 saturated heterocycles. The van der Waals surface area contributed by atoms with Crippen LogP contribution in [0.15, 0.2) is 109 Å². The van der Waals surface area contributed by atoms with Crippen LogP contribution in [0, 0.1) is 0 Å². The minimum atomic E-state index is -0.398. The number of anilines is 1. The molecule has 0 aliphatic heterocycles. The van der Waals surface area contributed by atoms with E-state index in [0.717, 1.165) is 16.8 Å². The van der Waals surface area contributed by atoms with E-state index in [1.807, 2.05) is 72.9 Å². The first kappa shape index (κ1) is 28.4. The van der Waals surface area contributed by atoms with Gasteiger partial charge in [0.05, 0.1) is 19.9 Å². The molecule has 212 valence electrons. The van der Waals surface area contributed by atoms with Crippen molar-refractivity contribution in [3.05, 3.63) is 125 Å². The van der Waals surface area contributed by atoms with Crippen LogP contribution < -0.4 is 14.8 Å². The number of carbonyl (C=O) groups is 2. The van der Waals surface area contributed by atoms with E-state index in [1.54, 1.807) is 55.2 Å². The van der Waals surface area contributed by atoms with Crippen LogP contribution in [-0.4, -0.2) is 47.0 Å². The van der Waals surface area contributed by atoms with Crippen LogP contribution in [0.1, 0.15) is 15.9 Å². The molecule has 0 radical (unpaired) electrons. The molecule has 1 heterocycles. The van der Waals surface area contributed by atoms with Gasteiger partial charge in [-0.2, -0.15) is 0 Å². The quantitative estimate of drug-likeness (QED) is 0.204. The molecule has 9 heteroatoms. The Morgan fingerprint density at radius 3 is 2.26 bits per heavy atom. The average Bonchev–Trinajstić information content (AvgIpc) is 3.44. The molecule has 8 nitrogen and oxygen atoms in total. The summed E-state index contributed by atoms with van der Waals surface area (Å²) in [5.74, 6) is 0.873. The van der Waals surface area contributed by atoms with Gasteiger partial charge in [-0.25, -0.2) is 4.98 Å². The number of methoxy groups -OCH3 is 2. The molecule has 1 aromatic heterocycles. The van der Waals surface area contributed by atoms with Crippen molar-refractivity contribution in [2.75, 3.05) is 26.1 Å². The number of nitrogens with one attached hydrogen (secondary N) is 1. The Morgan fingerprint density at radius 1 is 0.857 bits per heavy atom. The number of ether oxygens (including phenoxy) is 2. The van der Waals surface area contributed by atoms with Crippen molar-refractivity contribution in [3.8, 4) is 28.4 Å². The number of halogens is 1. The van der Waals surface area contributed by atoms with Gasteiger partial charge in [-0.1, -0.05) is 60.1 Å². The molecule has 0 unspecified atom stereocenters. The fourth-order valence-corrected chi connectivity index (χ4v) is 4.57. The highest BCUT2D eigenvalue weighted by molar-refractivity contribution is 6.30. The summed E-state index contributed by atoms with van der Waals surface area (Å²) >= 11 is 6.09. The van der Waals surface area contributed by atoms with E-state index in [4.69, 9.17) is 26.1 Å². The summed E-state index contributed by atoms with van der Waals surface area (Å²) in [6.45, 7) is 0.0456. The third-order valence-electron chi connectivity index (χ3n) is 6.60. The van der Waals surface area contributed by atoms with Crippen LogP contribution in [0.25, 0.3) is 16.9 Å². The number of hydrogen-bond donors (Lipinski definition) is 1. The van der Waals surface area contributed by atoms with Gasteiger partial charge in [0.25, 0.3) is 5.91 Å². The monoisotopic (exact) mass is 580 g/mol. The Kier molecular flexibility index (Phi) is 8.84. The second-order valence-corrected chi connectivity index (χ2v) is 9.89. The lowest BCUT2D eigenvalue weighted by atomic mass is 10.1. The van der Waals surface area contributed by atoms with Crippen molar-refractivity contribution in [1.82, 2.24) is 14.5 Å². The Hall–Kier alpha value is -5.08. The van der Waals surface area contributed by atoms with E-state index in [1.165, 1.54) is 4.90 Å². The van der Waals surface area contributed by atoms with Crippen molar-refractivity contribution < 1.29 is 19.1 Å². The SMILES string of the molecule is COc1ccc(-n2cc(-c3ccc(Cl)cc3)nc2NC(=O)CN(Cc2ccccc2)C(=O)c2cccc(OC)c2)cc1. The largest absolute Gasteiger partial charge is 0.497 e. The minimum Gasteiger partial charge on any atom is -0.497 e. The van der Waals surface area contributed by atoms with Gasteiger partial charge in [0.2, 0.25) is 11.9 Å². The molecule has 5 rings (SSSR count). The van der Waals surface area contributed by atoms with Gasteiger partial charge < -0.3 is 14.4 Å². The fourth-order valence-electron chi connectivity index (χ4n) is 4.45. The van der Waals surface area contributed by atoms with Gasteiger partial charge in [-0.15, -0.1) is 0 Å². The van der Waals surface area contributed by atoms with E-state index >= 15 is 0 Å². The Bertz CT molecular complexity index is 1670. The van der Waals surface area contributed by atoms with Crippen molar-refractivity contribution in [1.29, 1.82) is 0 Å². The maximum atomic E-state index is 13.6. The summed E-state index contributed by atoms with van der Waals surface area (Å²) in [5.41, 5.74) is 3.56. The highest BCUT2D eigenvalue weighted by atomic mass is 35.5. The van der Waals surface area contributed by atoms with Gasteiger partial charge in [0.15, 0.2) is 0 Å². The molecule has 5 aromatic rings. The predicted octanol–water partition coefficient (Wildman–Crippen LogP) is 6.49. The van der Waals surface area contributed by atoms with Gasteiger partial charge in [-0.3, -0.25) is 19.5 Å². The number of nitrogens with zero attached hydrogens (tertiary/aromatic N) is 3. The highest BCUT2D eigenvalue weighted by Gasteiger charge is 2.22. The summed E-state index contributed by atoms with van der Waals surface area (Å²) in [6.07, 6.45) is 1.84. The molecule has 0 fully saturated rings. The maximum absolute atomic E-state index is 13.6. The molecule has 0 bridgehead atoms. The number of rotatable bonds is 10. The molecule has 0 spiro atoms. The summed E-state index contributed by atoms with van der Waals surface area (Å²) in [4.78, 5) is 33.4. The van der Waals surface area contributed by atoms with Crippen LogP contribution in [0.5, 0.6) is 11.5 Å². The van der Waals surface area contributed by atoms with Gasteiger partial charge in [0, 0.05) is 34.6 Å². The lowest BCUT2D eigenvalue weighted by Gasteiger charge is -2.23. The zero-order valence-electron chi connectivity index (χ0n) is 23.2. The van der Waals surface area contributed by atoms with Crippen LogP contribution in [0.2, 0.25) is 5.02 Å². The summed E-state index contributed by atoms with van der Waals surface area (Å²) in [6, 6.07) is 31.1. The van der Waals surface area contributed by atoms with Crippen LogP contribution >= 0.6 is 11.6 Å². The van der Waals surface area contributed by atoms with Gasteiger partial charge in [0.1, 0.15) is 18.0 Å². The number of hydrogen-bond acceptors (Lipinski definition) is 5. The molecule has 2 amide bonds. The van der Waals surface area contributed by atoms with E-state index in [2.05, 4.69) is 5.32 Å². The predicted molar refractivity (Wildman–Crippen MR) is 163 cm³/mol. The van der Waals surface area contributed by atoms with E-state index < -0.39 is 5.91 Å². The lowest BCUT2D eigenvalue weighted by Crippen LogP contribution is -2.38. The first-order chi connectivity index (χ1) is 20.4. The van der Waals surface area contributed by atoms with Crippen LogP contribution in [0.4, 0.5) is 5.95 Å². The Morgan fingerprint density at radius 2 is 1.57 bits per heavy atom. The lowest BCUT2D eigenvalue weighted by molar-refractivity contribution is -0.117. The molecule has 42 heavy (non-hydrogen) atoms. The number of carbonyl (C=O) groups excluding carboxylic acids is 2. The zero-order valence-corrected chi connectivity index (χ0v) is 23.9. The second kappa shape index (κ2) is 13.1. The molecule has 0 saturated carbocycles. The van der Waals surface area contributed by atoms with E-state index in [-0.39, 0.29) is 19.0 Å². The molecule has 0 aliphatic carbocycles. The number of aromatic nitrogens is 2. The molecule has 4 aromatic carbocycles. The molecule has 0 atom stereocenters. The van der Waals surface area contributed by atoms with Crippen molar-refractivity contribution >= 4 is 29.4 Å². The van der Waals surface area contributed by atoms with Crippen LogP contribution in [0.3, 0.4) is 0 Å². The van der Waals surface area contributed by atoms with Crippen molar-refractivity contribution in [3.63, 3.8) is 0 Å². The van der Waals surface area contributed by atoms with E-state index in [0.29, 0.717) is 33.7 Å². The smallest absolute Gasteiger partial charge is 0.254 e. The highest BCUT2D eigenvalue weighted by Crippen LogP contribution is 2.27. The van der Waals surface area contributed by atoms with Gasteiger partial charge in [-0.05, 0) is 60.2 Å². The van der Waals surface area contributed by atoms with Crippen molar-refractivity contribution in [2.45, 2.75) is 6.54 Å². The molecule has 0 aliphatic rings. The van der Waals surface area contributed by atoms with Crippen LogP contribution in [-0.2, 0) is 11.3 Å². The zero-order chi connectivity index (χ0) is 29.5. The molecular formula is C33H29ClN4O4. The van der Waals surface area contributed by atoms with E-state index in [9.17, 15) is 9.59 Å². The summed E-state index contributed by atoms with van der Waals surface area (Å²) in [7, 11) is 3.15. The minimum absolute atomic E-state index is 0.198. The fraction of sp³-hybridized carbons (Fsp3) is 0.121. The first-order valence-corrected chi connectivity index (χ1v) is 13.6. The Balaban J connectivity index is 1.44.